The van der Waals surface area contributed by atoms with Crippen molar-refractivity contribution >= 4 is 5.91 Å². The van der Waals surface area contributed by atoms with Gasteiger partial charge in [-0.05, 0) is 38.0 Å². The van der Waals surface area contributed by atoms with Crippen LogP contribution in [0.2, 0.25) is 0 Å². The van der Waals surface area contributed by atoms with Crippen LogP contribution in [0.5, 0.6) is 11.5 Å². The summed E-state index contributed by atoms with van der Waals surface area (Å²) in [5, 5.41) is 21.3. The first-order chi connectivity index (χ1) is 9.40. The van der Waals surface area contributed by atoms with Gasteiger partial charge in [-0.1, -0.05) is 6.07 Å². The molecule has 0 unspecified atom stereocenters. The molecule has 0 heterocycles. The third-order valence-corrected chi connectivity index (χ3v) is 2.68. The van der Waals surface area contributed by atoms with E-state index in [2.05, 4.69) is 5.32 Å². The lowest BCUT2D eigenvalue weighted by molar-refractivity contribution is -0.122. The van der Waals surface area contributed by atoms with Crippen LogP contribution in [0.1, 0.15) is 19.4 Å². The summed E-state index contributed by atoms with van der Waals surface area (Å²) in [6.07, 6.45) is 0.408. The molecule has 1 atom stereocenters. The molecular formula is C14H22N2O4. The number of ether oxygens (including phenoxy) is 1. The first-order valence-electron chi connectivity index (χ1n) is 6.56. The van der Waals surface area contributed by atoms with Gasteiger partial charge in [-0.15, -0.1) is 0 Å². The van der Waals surface area contributed by atoms with Crippen LogP contribution < -0.4 is 11.1 Å². The van der Waals surface area contributed by atoms with Gasteiger partial charge >= 0.3 is 0 Å². The van der Waals surface area contributed by atoms with Crippen molar-refractivity contribution < 1.29 is 19.7 Å². The van der Waals surface area contributed by atoms with Crippen LogP contribution in [0.3, 0.4) is 0 Å². The first-order valence-corrected chi connectivity index (χ1v) is 6.56. The first kappa shape index (κ1) is 16.3. The standard InChI is InChI=1S/C14H22N2O4/c1-9(2)20-6-5-16-14(19)11(15)7-10-3-4-12(17)13(18)8-10/h3-4,8-9,11,17-18H,5-7,15H2,1-2H3,(H,16,19)/t11-/m0/s1. The van der Waals surface area contributed by atoms with Crippen molar-refractivity contribution in [1.29, 1.82) is 0 Å². The average Bonchev–Trinajstić information content (AvgIpc) is 2.38. The highest BCUT2D eigenvalue weighted by Crippen LogP contribution is 2.25. The lowest BCUT2D eigenvalue weighted by Crippen LogP contribution is -2.43. The van der Waals surface area contributed by atoms with E-state index in [9.17, 15) is 15.0 Å². The van der Waals surface area contributed by atoms with Crippen LogP contribution in [0.15, 0.2) is 18.2 Å². The summed E-state index contributed by atoms with van der Waals surface area (Å²) in [5.74, 6) is -0.692. The normalized spacial score (nSPS) is 12.4. The number of amides is 1. The number of phenols is 2. The van der Waals surface area contributed by atoms with Crippen LogP contribution in [-0.2, 0) is 16.0 Å². The molecule has 6 heteroatoms. The second-order valence-corrected chi connectivity index (χ2v) is 4.84. The average molecular weight is 282 g/mol. The number of nitrogens with one attached hydrogen (secondary N) is 1. The lowest BCUT2D eigenvalue weighted by Gasteiger charge is -2.13. The molecule has 0 radical (unpaired) electrons. The van der Waals surface area contributed by atoms with E-state index in [0.717, 1.165) is 0 Å². The number of hydrogen-bond donors (Lipinski definition) is 4. The summed E-state index contributed by atoms with van der Waals surface area (Å²) >= 11 is 0. The highest BCUT2D eigenvalue weighted by Gasteiger charge is 2.14. The van der Waals surface area contributed by atoms with Gasteiger partial charge in [0.15, 0.2) is 11.5 Å². The molecule has 0 bridgehead atoms. The van der Waals surface area contributed by atoms with Crippen molar-refractivity contribution in [2.45, 2.75) is 32.4 Å². The number of carbonyl (C=O) groups excluding carboxylic acids is 1. The highest BCUT2D eigenvalue weighted by atomic mass is 16.5. The smallest absolute Gasteiger partial charge is 0.237 e. The molecule has 0 aromatic heterocycles. The molecule has 20 heavy (non-hydrogen) atoms. The molecule has 0 saturated heterocycles. The van der Waals surface area contributed by atoms with Crippen molar-refractivity contribution in [2.24, 2.45) is 5.73 Å². The summed E-state index contributed by atoms with van der Waals surface area (Å²) in [6.45, 7) is 4.69. The molecule has 0 aliphatic carbocycles. The molecule has 0 fully saturated rings. The maximum absolute atomic E-state index is 11.7. The Labute approximate surface area is 118 Å². The molecule has 1 rings (SSSR count). The number of carbonyl (C=O) groups is 1. The largest absolute Gasteiger partial charge is 0.504 e. The van der Waals surface area contributed by atoms with Crippen LogP contribution in [0.4, 0.5) is 0 Å². The van der Waals surface area contributed by atoms with E-state index < -0.39 is 6.04 Å². The maximum atomic E-state index is 11.7. The van der Waals surface area contributed by atoms with E-state index >= 15 is 0 Å². The van der Waals surface area contributed by atoms with Gasteiger partial charge in [-0.2, -0.15) is 0 Å². The van der Waals surface area contributed by atoms with Gasteiger partial charge in [-0.25, -0.2) is 0 Å². The fourth-order valence-corrected chi connectivity index (χ4v) is 1.64. The molecule has 112 valence electrons. The number of aromatic hydroxyl groups is 2. The SMILES string of the molecule is CC(C)OCCNC(=O)[C@@H](N)Cc1ccc(O)c(O)c1. The van der Waals surface area contributed by atoms with E-state index in [1.165, 1.54) is 12.1 Å². The molecule has 0 aliphatic heterocycles. The summed E-state index contributed by atoms with van der Waals surface area (Å²) in [4.78, 5) is 11.7. The van der Waals surface area contributed by atoms with Gasteiger partial charge in [0, 0.05) is 6.54 Å². The molecule has 0 aliphatic rings. The number of rotatable bonds is 7. The number of benzene rings is 1. The predicted molar refractivity (Wildman–Crippen MR) is 75.5 cm³/mol. The van der Waals surface area contributed by atoms with Crippen molar-refractivity contribution in [3.63, 3.8) is 0 Å². The summed E-state index contributed by atoms with van der Waals surface area (Å²) in [6, 6.07) is 3.66. The third-order valence-electron chi connectivity index (χ3n) is 2.68. The lowest BCUT2D eigenvalue weighted by atomic mass is 10.1. The van der Waals surface area contributed by atoms with E-state index in [1.807, 2.05) is 13.8 Å². The molecule has 6 nitrogen and oxygen atoms in total. The van der Waals surface area contributed by atoms with Crippen LogP contribution >= 0.6 is 0 Å². The summed E-state index contributed by atoms with van der Waals surface area (Å²) < 4.78 is 5.30. The zero-order valence-corrected chi connectivity index (χ0v) is 11.8. The topological polar surface area (TPSA) is 105 Å². The van der Waals surface area contributed by atoms with Crippen LogP contribution in [0, 0.1) is 0 Å². The zero-order chi connectivity index (χ0) is 15.1. The van der Waals surface area contributed by atoms with E-state index in [0.29, 0.717) is 18.7 Å². The molecular weight excluding hydrogens is 260 g/mol. The van der Waals surface area contributed by atoms with Gasteiger partial charge < -0.3 is 26.0 Å². The third kappa shape index (κ3) is 5.46. The zero-order valence-electron chi connectivity index (χ0n) is 11.8. The van der Waals surface area contributed by atoms with E-state index in [4.69, 9.17) is 10.5 Å². The van der Waals surface area contributed by atoms with Gasteiger partial charge in [0.05, 0.1) is 18.8 Å². The van der Waals surface area contributed by atoms with Gasteiger partial charge in [-0.3, -0.25) is 4.79 Å². The molecule has 5 N–H and O–H groups in total. The van der Waals surface area contributed by atoms with Crippen molar-refractivity contribution in [1.82, 2.24) is 5.32 Å². The van der Waals surface area contributed by atoms with Crippen LogP contribution in [-0.4, -0.2) is 41.4 Å². The monoisotopic (exact) mass is 282 g/mol. The fraction of sp³-hybridized carbons (Fsp3) is 0.500. The van der Waals surface area contributed by atoms with Gasteiger partial charge in [0.25, 0.3) is 0 Å². The summed E-state index contributed by atoms with van der Waals surface area (Å²) in [5.41, 5.74) is 6.46. The summed E-state index contributed by atoms with van der Waals surface area (Å²) in [7, 11) is 0. The fourth-order valence-electron chi connectivity index (χ4n) is 1.64. The minimum atomic E-state index is -0.710. The molecule has 1 aromatic rings. The Morgan fingerprint density at radius 1 is 1.35 bits per heavy atom. The molecule has 0 saturated carbocycles. The Kier molecular flexibility index (Phi) is 6.27. The second-order valence-electron chi connectivity index (χ2n) is 4.84. The van der Waals surface area contributed by atoms with Crippen molar-refractivity contribution in [2.75, 3.05) is 13.2 Å². The van der Waals surface area contributed by atoms with Crippen LogP contribution in [0.25, 0.3) is 0 Å². The molecule has 1 amide bonds. The quantitative estimate of drug-likeness (QED) is 0.431. The van der Waals surface area contributed by atoms with Gasteiger partial charge in [0.2, 0.25) is 5.91 Å². The number of nitrogens with two attached hydrogens (primary N) is 1. The number of hydrogen-bond acceptors (Lipinski definition) is 5. The number of phenolic OH excluding ortho intramolecular Hbond substituents is 2. The molecule has 1 aromatic carbocycles. The Morgan fingerprint density at radius 3 is 2.65 bits per heavy atom. The van der Waals surface area contributed by atoms with Crippen molar-refractivity contribution in [3.8, 4) is 11.5 Å². The highest BCUT2D eigenvalue weighted by molar-refractivity contribution is 5.81. The maximum Gasteiger partial charge on any atom is 0.237 e. The predicted octanol–water partition coefficient (Wildman–Crippen LogP) is 0.509. The Morgan fingerprint density at radius 2 is 2.05 bits per heavy atom. The second kappa shape index (κ2) is 7.72. The Balaban J connectivity index is 2.39. The Bertz CT molecular complexity index is 449. The van der Waals surface area contributed by atoms with Crippen molar-refractivity contribution in [3.05, 3.63) is 23.8 Å². The van der Waals surface area contributed by atoms with E-state index in [-0.39, 0.29) is 29.9 Å². The van der Waals surface area contributed by atoms with E-state index in [1.54, 1.807) is 6.07 Å². The minimum Gasteiger partial charge on any atom is -0.504 e. The minimum absolute atomic E-state index is 0.126. The molecule has 0 spiro atoms. The Hall–Kier alpha value is -1.79. The van der Waals surface area contributed by atoms with Gasteiger partial charge in [0.1, 0.15) is 0 Å².